The fraction of sp³-hybridized carbons (Fsp3) is 0.323. The number of hydrogen-bond donors (Lipinski definition) is 0. The van der Waals surface area contributed by atoms with Gasteiger partial charge in [-0.25, -0.2) is 0 Å². The topological polar surface area (TPSA) is 136 Å². The highest BCUT2D eigenvalue weighted by Crippen LogP contribution is 2.38. The molecule has 0 aliphatic carbocycles. The van der Waals surface area contributed by atoms with Gasteiger partial charge in [0, 0.05) is 49.5 Å². The lowest BCUT2D eigenvalue weighted by atomic mass is 9.97. The fourth-order valence-electron chi connectivity index (χ4n) is 5.25. The molecule has 224 valence electrons. The molecule has 11 nitrogen and oxygen atoms in total. The second-order valence-electron chi connectivity index (χ2n) is 10.0. The summed E-state index contributed by atoms with van der Waals surface area (Å²) >= 11 is 1.37. The Morgan fingerprint density at radius 1 is 0.791 bits per heavy atom. The van der Waals surface area contributed by atoms with Gasteiger partial charge in [-0.2, -0.15) is 0 Å². The van der Waals surface area contributed by atoms with Crippen molar-refractivity contribution < 1.29 is 47.7 Å². The zero-order valence-electron chi connectivity index (χ0n) is 23.8. The van der Waals surface area contributed by atoms with Crippen LogP contribution in [0.5, 0.6) is 0 Å². The van der Waals surface area contributed by atoms with Crippen molar-refractivity contribution in [3.8, 4) is 0 Å². The van der Waals surface area contributed by atoms with Crippen LogP contribution in [0.4, 0.5) is 0 Å². The average Bonchev–Trinajstić information content (AvgIpc) is 3.55. The van der Waals surface area contributed by atoms with Gasteiger partial charge in [-0.15, -0.1) is 11.3 Å². The molecule has 2 aromatic heterocycles. The molecule has 0 N–H and O–H groups in total. The molecule has 1 saturated heterocycles. The van der Waals surface area contributed by atoms with E-state index in [2.05, 4.69) is 0 Å². The largest absolute Gasteiger partial charge is 0.463 e. The highest BCUT2D eigenvalue weighted by Gasteiger charge is 2.53. The van der Waals surface area contributed by atoms with E-state index in [4.69, 9.17) is 23.7 Å². The normalized spacial score (nSPS) is 21.7. The molecule has 0 bridgehead atoms. The molecule has 0 radical (unpaired) electrons. The van der Waals surface area contributed by atoms with E-state index in [0.29, 0.717) is 21.3 Å². The monoisotopic (exact) mass is 607 g/mol. The average molecular weight is 608 g/mol. The van der Waals surface area contributed by atoms with Crippen LogP contribution < -0.4 is 0 Å². The van der Waals surface area contributed by atoms with Crippen LogP contribution in [0.3, 0.4) is 0 Å². The smallest absolute Gasteiger partial charge is 0.303 e. The van der Waals surface area contributed by atoms with Gasteiger partial charge in [0.15, 0.2) is 24.5 Å². The SMILES string of the molecule is CC(=O)OC[C@H]1O[C@@H](n2cc(C(=O)c3cc4ccccc4s3)c3ccccc32)[C@H](OC(C)=O)[C@@H](OC(C)=O)[C@@H]1OC(C)=O. The summed E-state index contributed by atoms with van der Waals surface area (Å²) in [4.78, 5) is 62.8. The number of esters is 4. The summed E-state index contributed by atoms with van der Waals surface area (Å²) in [6.07, 6.45) is -4.66. The first-order chi connectivity index (χ1) is 20.5. The van der Waals surface area contributed by atoms with E-state index in [-0.39, 0.29) is 12.4 Å². The first kappa shape index (κ1) is 29.9. The molecule has 4 aromatic rings. The summed E-state index contributed by atoms with van der Waals surface area (Å²) in [7, 11) is 0. The van der Waals surface area contributed by atoms with Crippen LogP contribution in [0.25, 0.3) is 21.0 Å². The second-order valence-corrected chi connectivity index (χ2v) is 11.1. The minimum atomic E-state index is -1.34. The molecule has 5 rings (SSSR count). The molecular formula is C31H29NO10S. The van der Waals surface area contributed by atoms with Crippen molar-refractivity contribution in [1.29, 1.82) is 0 Å². The van der Waals surface area contributed by atoms with Gasteiger partial charge < -0.3 is 28.3 Å². The van der Waals surface area contributed by atoms with Crippen LogP contribution in [0, 0.1) is 0 Å². The number of para-hydroxylation sites is 1. The third kappa shape index (κ3) is 6.30. The number of thiophene rings is 1. The first-order valence-corrected chi connectivity index (χ1v) is 14.3. The number of hydrogen-bond acceptors (Lipinski definition) is 11. The van der Waals surface area contributed by atoms with E-state index in [0.717, 1.165) is 23.9 Å². The molecule has 1 aliphatic heterocycles. The van der Waals surface area contributed by atoms with E-state index in [9.17, 15) is 24.0 Å². The quantitative estimate of drug-likeness (QED) is 0.162. The number of aromatic nitrogens is 1. The molecule has 5 atom stereocenters. The van der Waals surface area contributed by atoms with Gasteiger partial charge in [-0.3, -0.25) is 24.0 Å². The van der Waals surface area contributed by atoms with Gasteiger partial charge in [-0.1, -0.05) is 36.4 Å². The Labute approximate surface area is 250 Å². The molecule has 43 heavy (non-hydrogen) atoms. The summed E-state index contributed by atoms with van der Waals surface area (Å²) in [6, 6.07) is 16.6. The van der Waals surface area contributed by atoms with Crippen molar-refractivity contribution in [3.63, 3.8) is 0 Å². The Morgan fingerprint density at radius 3 is 2.09 bits per heavy atom. The standard InChI is InChI=1S/C31H29NO10S/c1-16(33)38-15-24-28(39-17(2)34)29(40-18(3)35)30(41-19(4)36)31(42-24)32-14-22(21-10-6-7-11-23(21)32)27(37)26-13-20-9-5-8-12-25(20)43-26/h5-14,24,28-31H,15H2,1-4H3/t24-,28-,29+,30-,31-/m1/s1. The Bertz CT molecular complexity index is 1690. The van der Waals surface area contributed by atoms with Crippen molar-refractivity contribution in [3.05, 3.63) is 71.2 Å². The van der Waals surface area contributed by atoms with Crippen molar-refractivity contribution in [2.45, 2.75) is 58.3 Å². The number of ether oxygens (including phenoxy) is 5. The molecule has 0 amide bonds. The van der Waals surface area contributed by atoms with Gasteiger partial charge >= 0.3 is 23.9 Å². The fourth-order valence-corrected chi connectivity index (χ4v) is 6.27. The van der Waals surface area contributed by atoms with Crippen LogP contribution in [0.15, 0.2) is 60.8 Å². The number of carbonyl (C=O) groups is 5. The lowest BCUT2D eigenvalue weighted by molar-refractivity contribution is -0.267. The number of ketones is 1. The van der Waals surface area contributed by atoms with Crippen LogP contribution in [-0.4, -0.2) is 65.3 Å². The number of nitrogens with zero attached hydrogens (tertiary/aromatic N) is 1. The van der Waals surface area contributed by atoms with Crippen LogP contribution in [0.1, 0.15) is 49.2 Å². The molecule has 0 saturated carbocycles. The lowest BCUT2D eigenvalue weighted by Gasteiger charge is -2.44. The first-order valence-electron chi connectivity index (χ1n) is 13.5. The predicted octanol–water partition coefficient (Wildman–Crippen LogP) is 4.34. The summed E-state index contributed by atoms with van der Waals surface area (Å²) < 4.78 is 30.8. The molecule has 1 aliphatic rings. The zero-order chi connectivity index (χ0) is 30.8. The van der Waals surface area contributed by atoms with Gasteiger partial charge in [-0.05, 0) is 23.6 Å². The summed E-state index contributed by atoms with van der Waals surface area (Å²) in [6.45, 7) is 4.34. The molecule has 12 heteroatoms. The highest BCUT2D eigenvalue weighted by atomic mass is 32.1. The van der Waals surface area contributed by atoms with E-state index < -0.39 is 54.5 Å². The Balaban J connectivity index is 1.64. The molecule has 3 heterocycles. The molecule has 1 fully saturated rings. The lowest BCUT2D eigenvalue weighted by Crippen LogP contribution is -2.60. The number of benzene rings is 2. The molecule has 0 unspecified atom stereocenters. The predicted molar refractivity (Wildman–Crippen MR) is 154 cm³/mol. The summed E-state index contributed by atoms with van der Waals surface area (Å²) in [5, 5.41) is 1.55. The summed E-state index contributed by atoms with van der Waals surface area (Å²) in [5.74, 6) is -3.00. The van der Waals surface area contributed by atoms with Gasteiger partial charge in [0.05, 0.1) is 10.4 Å². The van der Waals surface area contributed by atoms with Gasteiger partial charge in [0.1, 0.15) is 12.7 Å². The zero-order valence-corrected chi connectivity index (χ0v) is 24.6. The maximum atomic E-state index is 13.9. The number of rotatable bonds is 8. The van der Waals surface area contributed by atoms with E-state index >= 15 is 0 Å². The molecule has 2 aromatic carbocycles. The maximum Gasteiger partial charge on any atom is 0.303 e. The van der Waals surface area contributed by atoms with Crippen molar-refractivity contribution >= 4 is 62.0 Å². The van der Waals surface area contributed by atoms with E-state index in [1.807, 2.05) is 30.3 Å². The van der Waals surface area contributed by atoms with Crippen molar-refractivity contribution in [2.75, 3.05) is 6.61 Å². The third-order valence-electron chi connectivity index (χ3n) is 6.87. The molecular weight excluding hydrogens is 578 g/mol. The Kier molecular flexibility index (Phi) is 8.60. The number of carbonyl (C=O) groups excluding carboxylic acids is 5. The highest BCUT2D eigenvalue weighted by molar-refractivity contribution is 7.21. The number of fused-ring (bicyclic) bond motifs is 2. The van der Waals surface area contributed by atoms with Crippen LogP contribution in [-0.2, 0) is 42.9 Å². The second kappa shape index (κ2) is 12.4. The van der Waals surface area contributed by atoms with Crippen LogP contribution in [0.2, 0.25) is 0 Å². The van der Waals surface area contributed by atoms with Gasteiger partial charge in [0.25, 0.3) is 0 Å². The third-order valence-corrected chi connectivity index (χ3v) is 7.99. The molecule has 0 spiro atoms. The maximum absolute atomic E-state index is 13.9. The van der Waals surface area contributed by atoms with Crippen molar-refractivity contribution in [1.82, 2.24) is 4.57 Å². The van der Waals surface area contributed by atoms with E-state index in [1.54, 1.807) is 35.0 Å². The van der Waals surface area contributed by atoms with Crippen LogP contribution >= 0.6 is 11.3 Å². The Morgan fingerprint density at radius 2 is 1.42 bits per heavy atom. The van der Waals surface area contributed by atoms with Gasteiger partial charge in [0.2, 0.25) is 5.78 Å². The minimum Gasteiger partial charge on any atom is -0.463 e. The van der Waals surface area contributed by atoms with Crippen molar-refractivity contribution in [2.24, 2.45) is 0 Å². The summed E-state index contributed by atoms with van der Waals surface area (Å²) in [5.41, 5.74) is 0.933. The van der Waals surface area contributed by atoms with E-state index in [1.165, 1.54) is 25.2 Å². The Hall–Kier alpha value is -4.55. The minimum absolute atomic E-state index is 0.221.